The molecule has 6 heteroatoms. The summed E-state index contributed by atoms with van der Waals surface area (Å²) in [6, 6.07) is 13.9. The second-order valence-corrected chi connectivity index (χ2v) is 9.85. The fraction of sp³-hybridized carbons (Fsp3) is 0.429. The number of carbonyl (C=O) groups excluding carboxylic acids is 2. The third-order valence-corrected chi connectivity index (χ3v) is 6.08. The summed E-state index contributed by atoms with van der Waals surface area (Å²) in [4.78, 5) is 26.0. The van der Waals surface area contributed by atoms with E-state index in [4.69, 9.17) is 14.2 Å². The van der Waals surface area contributed by atoms with Crippen LogP contribution in [0.1, 0.15) is 67.1 Å². The second-order valence-electron chi connectivity index (χ2n) is 9.85. The molecule has 1 aliphatic heterocycles. The van der Waals surface area contributed by atoms with Crippen LogP contribution in [0.15, 0.2) is 48.5 Å². The van der Waals surface area contributed by atoms with Crippen LogP contribution in [0.5, 0.6) is 5.75 Å². The molecule has 0 unspecified atom stereocenters. The van der Waals surface area contributed by atoms with E-state index >= 15 is 0 Å². The molecule has 0 radical (unpaired) electrons. The van der Waals surface area contributed by atoms with Crippen LogP contribution in [0.2, 0.25) is 0 Å². The normalized spacial score (nSPS) is 17.9. The van der Waals surface area contributed by atoms with Crippen LogP contribution in [0, 0.1) is 0 Å². The molecule has 2 aliphatic rings. The van der Waals surface area contributed by atoms with Gasteiger partial charge in [0.2, 0.25) is 0 Å². The van der Waals surface area contributed by atoms with Gasteiger partial charge in [-0.25, -0.2) is 9.59 Å². The summed E-state index contributed by atoms with van der Waals surface area (Å²) in [5, 5.41) is 0. The molecule has 2 aromatic rings. The summed E-state index contributed by atoms with van der Waals surface area (Å²) in [7, 11) is 1.41. The van der Waals surface area contributed by atoms with Gasteiger partial charge in [-0.05, 0) is 86.6 Å². The summed E-state index contributed by atoms with van der Waals surface area (Å²) >= 11 is 0. The van der Waals surface area contributed by atoms with Crippen molar-refractivity contribution < 1.29 is 23.8 Å². The SMILES string of the molecule is COC(=O)c1ccc2c(c1)CCCC=C2c1ccc(O[C@H]2CCN(C(=O)OC(C)(C)C)C2)cc1. The number of likely N-dealkylation sites (tertiary alicyclic amines) is 1. The molecular formula is C28H33NO5. The van der Waals surface area contributed by atoms with Crippen molar-refractivity contribution in [3.05, 3.63) is 70.8 Å². The lowest BCUT2D eigenvalue weighted by Gasteiger charge is -2.24. The van der Waals surface area contributed by atoms with Crippen LogP contribution in [0.25, 0.3) is 5.57 Å². The number of benzene rings is 2. The summed E-state index contributed by atoms with van der Waals surface area (Å²) in [5.74, 6) is 0.478. The van der Waals surface area contributed by atoms with E-state index in [1.54, 1.807) is 4.90 Å². The highest BCUT2D eigenvalue weighted by Gasteiger charge is 2.31. The Morgan fingerprint density at radius 3 is 2.53 bits per heavy atom. The quantitative estimate of drug-likeness (QED) is 0.550. The number of fused-ring (bicyclic) bond motifs is 1. The Hall–Kier alpha value is -3.28. The zero-order valence-corrected chi connectivity index (χ0v) is 20.4. The van der Waals surface area contributed by atoms with Gasteiger partial charge in [0.15, 0.2) is 0 Å². The maximum atomic E-state index is 12.3. The van der Waals surface area contributed by atoms with E-state index in [1.807, 2.05) is 51.1 Å². The van der Waals surface area contributed by atoms with Crippen LogP contribution in [-0.4, -0.2) is 48.9 Å². The monoisotopic (exact) mass is 463 g/mol. The number of methoxy groups -OCH3 is 1. The van der Waals surface area contributed by atoms with E-state index in [-0.39, 0.29) is 18.2 Å². The Kier molecular flexibility index (Phi) is 6.96. The minimum Gasteiger partial charge on any atom is -0.489 e. The van der Waals surface area contributed by atoms with E-state index < -0.39 is 5.60 Å². The van der Waals surface area contributed by atoms with Crippen molar-refractivity contribution in [3.8, 4) is 5.75 Å². The van der Waals surface area contributed by atoms with Gasteiger partial charge in [0.05, 0.1) is 19.2 Å². The van der Waals surface area contributed by atoms with Crippen molar-refractivity contribution in [3.63, 3.8) is 0 Å². The molecule has 0 N–H and O–H groups in total. The van der Waals surface area contributed by atoms with Crippen molar-refractivity contribution in [2.75, 3.05) is 20.2 Å². The van der Waals surface area contributed by atoms with Gasteiger partial charge in [-0.2, -0.15) is 0 Å². The van der Waals surface area contributed by atoms with Gasteiger partial charge in [-0.1, -0.05) is 24.3 Å². The zero-order valence-electron chi connectivity index (χ0n) is 20.4. The summed E-state index contributed by atoms with van der Waals surface area (Å²) in [6.45, 7) is 6.77. The fourth-order valence-electron chi connectivity index (χ4n) is 4.45. The van der Waals surface area contributed by atoms with Gasteiger partial charge in [-0.3, -0.25) is 0 Å². The topological polar surface area (TPSA) is 65.1 Å². The average Bonchev–Trinajstić information content (AvgIpc) is 3.17. The number of ether oxygens (including phenoxy) is 3. The predicted octanol–water partition coefficient (Wildman–Crippen LogP) is 5.63. The third kappa shape index (κ3) is 5.61. The van der Waals surface area contributed by atoms with Crippen LogP contribution in [-0.2, 0) is 15.9 Å². The number of hydrogen-bond acceptors (Lipinski definition) is 5. The van der Waals surface area contributed by atoms with E-state index in [2.05, 4.69) is 18.2 Å². The van der Waals surface area contributed by atoms with Crippen molar-refractivity contribution >= 4 is 17.6 Å². The molecular weight excluding hydrogens is 430 g/mol. The summed E-state index contributed by atoms with van der Waals surface area (Å²) in [6.07, 6.45) is 5.67. The lowest BCUT2D eigenvalue weighted by Crippen LogP contribution is -2.36. The first-order chi connectivity index (χ1) is 16.2. The predicted molar refractivity (Wildman–Crippen MR) is 131 cm³/mol. The summed E-state index contributed by atoms with van der Waals surface area (Å²) in [5.41, 5.74) is 4.69. The van der Waals surface area contributed by atoms with Gasteiger partial charge >= 0.3 is 12.1 Å². The van der Waals surface area contributed by atoms with Crippen molar-refractivity contribution in [1.82, 2.24) is 4.90 Å². The highest BCUT2D eigenvalue weighted by molar-refractivity contribution is 5.91. The van der Waals surface area contributed by atoms with Gasteiger partial charge in [0.25, 0.3) is 0 Å². The van der Waals surface area contributed by atoms with Crippen LogP contribution >= 0.6 is 0 Å². The van der Waals surface area contributed by atoms with Gasteiger partial charge in [0, 0.05) is 13.0 Å². The number of nitrogens with zero attached hydrogens (tertiary/aromatic N) is 1. The standard InChI is InChI=1S/C28H33NO5/c1-28(2,3)34-27(31)29-16-15-23(18-29)33-22-12-9-19(10-13-22)24-8-6-5-7-20-17-21(26(30)32-4)11-14-25(20)24/h8-14,17,23H,5-7,15-16,18H2,1-4H3/t23-/m0/s1. The number of hydrogen-bond donors (Lipinski definition) is 0. The molecule has 1 aliphatic carbocycles. The molecule has 1 saturated heterocycles. The van der Waals surface area contributed by atoms with Gasteiger partial charge in [0.1, 0.15) is 17.5 Å². The first-order valence-corrected chi connectivity index (χ1v) is 11.9. The highest BCUT2D eigenvalue weighted by atomic mass is 16.6. The van der Waals surface area contributed by atoms with E-state index in [1.165, 1.54) is 18.2 Å². The average molecular weight is 464 g/mol. The maximum Gasteiger partial charge on any atom is 0.410 e. The van der Waals surface area contributed by atoms with E-state index in [0.717, 1.165) is 42.6 Å². The molecule has 2 aromatic carbocycles. The minimum absolute atomic E-state index is 0.0482. The molecule has 0 saturated carbocycles. The smallest absolute Gasteiger partial charge is 0.410 e. The Morgan fingerprint density at radius 2 is 1.82 bits per heavy atom. The summed E-state index contributed by atoms with van der Waals surface area (Å²) < 4.78 is 16.5. The third-order valence-electron chi connectivity index (χ3n) is 6.08. The van der Waals surface area contributed by atoms with Crippen molar-refractivity contribution in [1.29, 1.82) is 0 Å². The Labute approximate surface area is 201 Å². The largest absolute Gasteiger partial charge is 0.489 e. The fourth-order valence-corrected chi connectivity index (χ4v) is 4.45. The first-order valence-electron chi connectivity index (χ1n) is 11.9. The molecule has 180 valence electrons. The number of rotatable bonds is 4. The van der Waals surface area contributed by atoms with Crippen LogP contribution in [0.3, 0.4) is 0 Å². The van der Waals surface area contributed by atoms with Crippen molar-refractivity contribution in [2.45, 2.75) is 58.2 Å². The van der Waals surface area contributed by atoms with E-state index in [0.29, 0.717) is 18.7 Å². The molecule has 0 aromatic heterocycles. The molecule has 0 bridgehead atoms. The minimum atomic E-state index is -0.502. The number of esters is 1. The Balaban J connectivity index is 1.44. The Morgan fingerprint density at radius 1 is 1.06 bits per heavy atom. The number of aryl methyl sites for hydroxylation is 1. The van der Waals surface area contributed by atoms with Gasteiger partial charge < -0.3 is 19.1 Å². The van der Waals surface area contributed by atoms with Gasteiger partial charge in [-0.15, -0.1) is 0 Å². The molecule has 34 heavy (non-hydrogen) atoms. The zero-order chi connectivity index (χ0) is 24.3. The van der Waals surface area contributed by atoms with Crippen molar-refractivity contribution in [2.24, 2.45) is 0 Å². The van der Waals surface area contributed by atoms with E-state index in [9.17, 15) is 9.59 Å². The molecule has 6 nitrogen and oxygen atoms in total. The molecule has 1 atom stereocenters. The number of carbonyl (C=O) groups is 2. The molecule has 1 heterocycles. The molecule has 1 fully saturated rings. The lowest BCUT2D eigenvalue weighted by atomic mass is 9.92. The molecule has 0 spiro atoms. The maximum absolute atomic E-state index is 12.3. The Bertz CT molecular complexity index is 1080. The lowest BCUT2D eigenvalue weighted by molar-refractivity contribution is 0.0275. The molecule has 1 amide bonds. The van der Waals surface area contributed by atoms with Crippen LogP contribution in [0.4, 0.5) is 4.79 Å². The number of amides is 1. The number of allylic oxidation sites excluding steroid dienone is 1. The second kappa shape index (κ2) is 9.92. The van der Waals surface area contributed by atoms with Crippen LogP contribution < -0.4 is 4.74 Å². The first kappa shape index (κ1) is 23.9. The molecule has 4 rings (SSSR count). The highest BCUT2D eigenvalue weighted by Crippen LogP contribution is 2.33.